The van der Waals surface area contributed by atoms with E-state index >= 15 is 0 Å². The summed E-state index contributed by atoms with van der Waals surface area (Å²) in [6, 6.07) is 7.95. The Hall–Kier alpha value is -1.77. The van der Waals surface area contributed by atoms with Gasteiger partial charge in [-0.1, -0.05) is 6.07 Å². The highest BCUT2D eigenvalue weighted by Crippen LogP contribution is 2.15. The summed E-state index contributed by atoms with van der Waals surface area (Å²) in [5, 5.41) is 0. The first kappa shape index (κ1) is 10.4. The largest absolute Gasteiger partial charge is 0.339 e. The maximum atomic E-state index is 12.3. The molecule has 3 heterocycles. The molecule has 2 aromatic rings. The normalized spacial score (nSPS) is 16.4. The number of carbonyl (C=O) groups excluding carboxylic acids is 1. The molecular formula is C14H16N2O. The van der Waals surface area contributed by atoms with Gasteiger partial charge >= 0.3 is 0 Å². The third-order valence-corrected chi connectivity index (χ3v) is 3.39. The Morgan fingerprint density at radius 1 is 1.12 bits per heavy atom. The Morgan fingerprint density at radius 3 is 2.71 bits per heavy atom. The van der Waals surface area contributed by atoms with E-state index < -0.39 is 0 Å². The van der Waals surface area contributed by atoms with Crippen LogP contribution in [-0.4, -0.2) is 28.3 Å². The summed E-state index contributed by atoms with van der Waals surface area (Å²) >= 11 is 0. The molecule has 2 aromatic heterocycles. The Bertz CT molecular complexity index is 505. The molecule has 0 aromatic carbocycles. The highest BCUT2D eigenvalue weighted by atomic mass is 16.2. The topological polar surface area (TPSA) is 24.7 Å². The second-order valence-electron chi connectivity index (χ2n) is 4.61. The summed E-state index contributed by atoms with van der Waals surface area (Å²) in [6.45, 7) is 1.82. The van der Waals surface area contributed by atoms with Crippen LogP contribution in [0.15, 0.2) is 36.7 Å². The highest BCUT2D eigenvalue weighted by molar-refractivity contribution is 5.95. The van der Waals surface area contributed by atoms with E-state index in [-0.39, 0.29) is 5.91 Å². The van der Waals surface area contributed by atoms with Crippen LogP contribution >= 0.6 is 0 Å². The first-order valence-electron chi connectivity index (χ1n) is 6.20. The molecule has 0 N–H and O–H groups in total. The van der Waals surface area contributed by atoms with E-state index in [1.165, 1.54) is 6.42 Å². The van der Waals surface area contributed by atoms with E-state index in [1.807, 2.05) is 46.0 Å². The van der Waals surface area contributed by atoms with Crippen molar-refractivity contribution in [2.75, 3.05) is 13.1 Å². The average molecular weight is 228 g/mol. The second-order valence-corrected chi connectivity index (χ2v) is 4.61. The Balaban J connectivity index is 1.89. The average Bonchev–Trinajstić information content (AvgIpc) is 2.82. The highest BCUT2D eigenvalue weighted by Gasteiger charge is 2.18. The van der Waals surface area contributed by atoms with Crippen LogP contribution in [-0.2, 0) is 0 Å². The Kier molecular flexibility index (Phi) is 2.59. The zero-order valence-corrected chi connectivity index (χ0v) is 9.80. The molecule has 1 fully saturated rings. The van der Waals surface area contributed by atoms with Gasteiger partial charge in [0, 0.05) is 31.0 Å². The summed E-state index contributed by atoms with van der Waals surface area (Å²) in [5.41, 5.74) is 1.88. The maximum absolute atomic E-state index is 12.3. The van der Waals surface area contributed by atoms with Crippen LogP contribution in [0, 0.1) is 0 Å². The van der Waals surface area contributed by atoms with Crippen LogP contribution in [0.1, 0.15) is 29.6 Å². The molecule has 1 saturated heterocycles. The second kappa shape index (κ2) is 4.24. The van der Waals surface area contributed by atoms with Gasteiger partial charge in [0.1, 0.15) is 0 Å². The molecule has 0 unspecified atom stereocenters. The number of fused-ring (bicyclic) bond motifs is 1. The van der Waals surface area contributed by atoms with Gasteiger partial charge in [0.2, 0.25) is 0 Å². The lowest BCUT2D eigenvalue weighted by Gasteiger charge is -2.26. The van der Waals surface area contributed by atoms with Crippen LogP contribution in [0.4, 0.5) is 0 Å². The van der Waals surface area contributed by atoms with Crippen molar-refractivity contribution < 1.29 is 4.79 Å². The van der Waals surface area contributed by atoms with E-state index in [2.05, 4.69) is 0 Å². The summed E-state index contributed by atoms with van der Waals surface area (Å²) in [4.78, 5) is 14.3. The smallest absolute Gasteiger partial charge is 0.255 e. The standard InChI is InChI=1S/C14H16N2O/c17-14(15-7-3-1-4-8-15)12-10-13-6-2-5-9-16(13)11-12/h2,5-6,9-11H,1,3-4,7-8H2. The molecular weight excluding hydrogens is 212 g/mol. The number of pyridine rings is 1. The van der Waals surface area contributed by atoms with Crippen molar-refractivity contribution >= 4 is 11.4 Å². The molecule has 0 radical (unpaired) electrons. The molecule has 17 heavy (non-hydrogen) atoms. The first-order chi connectivity index (χ1) is 8.34. The lowest BCUT2D eigenvalue weighted by molar-refractivity contribution is 0.0724. The molecule has 0 saturated carbocycles. The van der Waals surface area contributed by atoms with E-state index in [0.717, 1.165) is 37.0 Å². The van der Waals surface area contributed by atoms with Crippen molar-refractivity contribution in [1.29, 1.82) is 0 Å². The minimum atomic E-state index is 0.174. The SMILES string of the molecule is O=C(c1cc2ccccn2c1)N1CCCCC1. The van der Waals surface area contributed by atoms with Crippen molar-refractivity contribution in [3.63, 3.8) is 0 Å². The maximum Gasteiger partial charge on any atom is 0.255 e. The molecule has 0 spiro atoms. The summed E-state index contributed by atoms with van der Waals surface area (Å²) in [5.74, 6) is 0.174. The van der Waals surface area contributed by atoms with Gasteiger partial charge in [-0.3, -0.25) is 4.79 Å². The van der Waals surface area contributed by atoms with E-state index in [9.17, 15) is 4.79 Å². The van der Waals surface area contributed by atoms with Gasteiger partial charge in [-0.05, 0) is 37.5 Å². The lowest BCUT2D eigenvalue weighted by Crippen LogP contribution is -2.35. The predicted octanol–water partition coefficient (Wildman–Crippen LogP) is 2.57. The molecule has 3 heteroatoms. The van der Waals surface area contributed by atoms with Crippen molar-refractivity contribution in [3.8, 4) is 0 Å². The summed E-state index contributed by atoms with van der Waals surface area (Å²) in [6.07, 6.45) is 7.42. The van der Waals surface area contributed by atoms with Gasteiger partial charge in [-0.15, -0.1) is 0 Å². The molecule has 0 aliphatic carbocycles. The van der Waals surface area contributed by atoms with E-state index in [1.54, 1.807) is 0 Å². The molecule has 1 aliphatic heterocycles. The quantitative estimate of drug-likeness (QED) is 0.736. The minimum absolute atomic E-state index is 0.174. The van der Waals surface area contributed by atoms with Crippen molar-refractivity contribution in [1.82, 2.24) is 9.30 Å². The van der Waals surface area contributed by atoms with Crippen LogP contribution in [0.25, 0.3) is 5.52 Å². The molecule has 0 atom stereocenters. The van der Waals surface area contributed by atoms with Crippen molar-refractivity contribution in [3.05, 3.63) is 42.2 Å². The van der Waals surface area contributed by atoms with E-state index in [4.69, 9.17) is 0 Å². The number of hydrogen-bond acceptors (Lipinski definition) is 1. The zero-order chi connectivity index (χ0) is 11.7. The Morgan fingerprint density at radius 2 is 1.94 bits per heavy atom. The molecule has 0 bridgehead atoms. The number of likely N-dealkylation sites (tertiary alicyclic amines) is 1. The Labute approximate surface area is 101 Å². The number of piperidine rings is 1. The van der Waals surface area contributed by atoms with Gasteiger partial charge in [0.05, 0.1) is 5.56 Å². The number of hydrogen-bond donors (Lipinski definition) is 0. The van der Waals surface area contributed by atoms with Gasteiger partial charge in [0.15, 0.2) is 0 Å². The molecule has 1 amide bonds. The lowest BCUT2D eigenvalue weighted by atomic mass is 10.1. The van der Waals surface area contributed by atoms with Crippen LogP contribution in [0.5, 0.6) is 0 Å². The fourth-order valence-electron chi connectivity index (χ4n) is 2.45. The number of amides is 1. The van der Waals surface area contributed by atoms with Gasteiger partial charge in [-0.2, -0.15) is 0 Å². The van der Waals surface area contributed by atoms with Crippen LogP contribution < -0.4 is 0 Å². The third-order valence-electron chi connectivity index (χ3n) is 3.39. The monoisotopic (exact) mass is 228 g/mol. The molecule has 3 rings (SSSR count). The minimum Gasteiger partial charge on any atom is -0.339 e. The third kappa shape index (κ3) is 1.93. The first-order valence-corrected chi connectivity index (χ1v) is 6.20. The van der Waals surface area contributed by atoms with Gasteiger partial charge < -0.3 is 9.30 Å². The fourth-order valence-corrected chi connectivity index (χ4v) is 2.45. The molecule has 88 valence electrons. The van der Waals surface area contributed by atoms with Crippen molar-refractivity contribution in [2.45, 2.75) is 19.3 Å². The number of rotatable bonds is 1. The zero-order valence-electron chi connectivity index (χ0n) is 9.80. The molecule has 1 aliphatic rings. The number of aromatic nitrogens is 1. The fraction of sp³-hybridized carbons (Fsp3) is 0.357. The van der Waals surface area contributed by atoms with Crippen molar-refractivity contribution in [2.24, 2.45) is 0 Å². The van der Waals surface area contributed by atoms with Crippen LogP contribution in [0.2, 0.25) is 0 Å². The summed E-state index contributed by atoms with van der Waals surface area (Å²) in [7, 11) is 0. The number of carbonyl (C=O) groups is 1. The van der Waals surface area contributed by atoms with Gasteiger partial charge in [-0.25, -0.2) is 0 Å². The predicted molar refractivity (Wildman–Crippen MR) is 67.2 cm³/mol. The number of nitrogens with zero attached hydrogens (tertiary/aromatic N) is 2. The summed E-state index contributed by atoms with van der Waals surface area (Å²) < 4.78 is 2.00. The molecule has 3 nitrogen and oxygen atoms in total. The van der Waals surface area contributed by atoms with E-state index in [0.29, 0.717) is 0 Å². The van der Waals surface area contributed by atoms with Gasteiger partial charge in [0.25, 0.3) is 5.91 Å². The van der Waals surface area contributed by atoms with Crippen LogP contribution in [0.3, 0.4) is 0 Å².